The lowest BCUT2D eigenvalue weighted by Gasteiger charge is -2.12. The predicted octanol–water partition coefficient (Wildman–Crippen LogP) is 0.0284. The molecule has 1 heterocycles. The van der Waals surface area contributed by atoms with E-state index in [1.807, 2.05) is 11.5 Å². The zero-order chi connectivity index (χ0) is 12.1. The maximum Gasteiger partial charge on any atom is 0.322 e. The molecule has 0 aliphatic rings. The maximum absolute atomic E-state index is 11.5. The number of hydrogen-bond donors (Lipinski definition) is 2. The van der Waals surface area contributed by atoms with E-state index in [1.165, 1.54) is 0 Å². The fourth-order valence-corrected chi connectivity index (χ4v) is 1.31. The summed E-state index contributed by atoms with van der Waals surface area (Å²) in [5.41, 5.74) is 0. The molecule has 6 nitrogen and oxygen atoms in total. The first-order chi connectivity index (χ1) is 7.50. The predicted molar refractivity (Wildman–Crippen MR) is 56.8 cm³/mol. The molecule has 0 aliphatic carbocycles. The number of aliphatic carboxylic acids is 1. The zero-order valence-corrected chi connectivity index (χ0v) is 9.30. The van der Waals surface area contributed by atoms with Crippen LogP contribution in [0.1, 0.15) is 12.7 Å². The molecule has 0 radical (unpaired) electrons. The van der Waals surface area contributed by atoms with E-state index < -0.39 is 5.97 Å². The van der Waals surface area contributed by atoms with E-state index in [1.54, 1.807) is 19.3 Å². The molecule has 1 aromatic heterocycles. The van der Waals surface area contributed by atoms with Crippen LogP contribution in [0.3, 0.4) is 0 Å². The molecule has 0 aromatic carbocycles. The first-order valence-electron chi connectivity index (χ1n) is 4.98. The standard InChI is InChI=1S/C10H15N3O3/c1-7(10(16)12-5-9(14)15)6-13-4-3-11-8(13)2/h3-4,7H,5-6H2,1-2H3,(H,12,16)(H,14,15). The van der Waals surface area contributed by atoms with Gasteiger partial charge in [-0.25, -0.2) is 4.98 Å². The number of nitrogens with one attached hydrogen (secondary N) is 1. The number of aromatic nitrogens is 2. The first kappa shape index (κ1) is 12.2. The van der Waals surface area contributed by atoms with Crippen LogP contribution in [0.15, 0.2) is 12.4 Å². The molecule has 2 N–H and O–H groups in total. The first-order valence-corrected chi connectivity index (χ1v) is 4.98. The highest BCUT2D eigenvalue weighted by Crippen LogP contribution is 2.03. The summed E-state index contributed by atoms with van der Waals surface area (Å²) in [5, 5.41) is 10.8. The van der Waals surface area contributed by atoms with Crippen molar-refractivity contribution in [1.82, 2.24) is 14.9 Å². The van der Waals surface area contributed by atoms with Crippen molar-refractivity contribution in [2.24, 2.45) is 5.92 Å². The molecule has 0 fully saturated rings. The Morgan fingerprint density at radius 3 is 2.81 bits per heavy atom. The topological polar surface area (TPSA) is 84.2 Å². The fraction of sp³-hybridized carbons (Fsp3) is 0.500. The molecule has 6 heteroatoms. The van der Waals surface area contributed by atoms with Gasteiger partial charge >= 0.3 is 5.97 Å². The molecule has 0 spiro atoms. The van der Waals surface area contributed by atoms with Crippen LogP contribution in [0.4, 0.5) is 0 Å². The van der Waals surface area contributed by atoms with Crippen LogP contribution in [0, 0.1) is 12.8 Å². The molecule has 0 aliphatic heterocycles. The average Bonchev–Trinajstić information content (AvgIpc) is 2.60. The van der Waals surface area contributed by atoms with E-state index in [0.29, 0.717) is 6.54 Å². The Kier molecular flexibility index (Phi) is 4.04. The van der Waals surface area contributed by atoms with E-state index in [-0.39, 0.29) is 18.4 Å². The number of nitrogens with zero attached hydrogens (tertiary/aromatic N) is 2. The van der Waals surface area contributed by atoms with Crippen LogP contribution < -0.4 is 5.32 Å². The summed E-state index contributed by atoms with van der Waals surface area (Å²) >= 11 is 0. The molecule has 0 saturated carbocycles. The third kappa shape index (κ3) is 3.38. The van der Waals surface area contributed by atoms with Gasteiger partial charge in [0.2, 0.25) is 5.91 Å². The van der Waals surface area contributed by atoms with Gasteiger partial charge in [-0.3, -0.25) is 9.59 Å². The van der Waals surface area contributed by atoms with Gasteiger partial charge in [-0.15, -0.1) is 0 Å². The molecule has 1 aromatic rings. The number of rotatable bonds is 5. The second-order valence-electron chi connectivity index (χ2n) is 3.64. The summed E-state index contributed by atoms with van der Waals surface area (Å²) in [6, 6.07) is 0. The van der Waals surface area contributed by atoms with Crippen molar-refractivity contribution in [2.45, 2.75) is 20.4 Å². The van der Waals surface area contributed by atoms with Gasteiger partial charge in [0.05, 0.1) is 5.92 Å². The number of carboxylic acid groups (broad SMARTS) is 1. The van der Waals surface area contributed by atoms with Gasteiger partial charge in [-0.2, -0.15) is 0 Å². The van der Waals surface area contributed by atoms with Crippen molar-refractivity contribution in [3.05, 3.63) is 18.2 Å². The molecule has 1 atom stereocenters. The second kappa shape index (κ2) is 5.29. The molecule has 0 bridgehead atoms. The van der Waals surface area contributed by atoms with Crippen LogP contribution in [-0.4, -0.2) is 33.1 Å². The number of imidazole rings is 1. The number of amides is 1. The van der Waals surface area contributed by atoms with E-state index in [2.05, 4.69) is 10.3 Å². The minimum Gasteiger partial charge on any atom is -0.480 e. The number of carbonyl (C=O) groups excluding carboxylic acids is 1. The van der Waals surface area contributed by atoms with Crippen LogP contribution in [-0.2, 0) is 16.1 Å². The molecule has 0 saturated heterocycles. The van der Waals surface area contributed by atoms with Gasteiger partial charge in [0.25, 0.3) is 0 Å². The lowest BCUT2D eigenvalue weighted by Crippen LogP contribution is -2.35. The maximum atomic E-state index is 11.5. The third-order valence-corrected chi connectivity index (χ3v) is 2.26. The second-order valence-corrected chi connectivity index (χ2v) is 3.64. The van der Waals surface area contributed by atoms with Crippen LogP contribution in [0.25, 0.3) is 0 Å². The number of carboxylic acids is 1. The highest BCUT2D eigenvalue weighted by molar-refractivity contribution is 5.82. The monoisotopic (exact) mass is 225 g/mol. The highest BCUT2D eigenvalue weighted by Gasteiger charge is 2.14. The van der Waals surface area contributed by atoms with Crippen molar-refractivity contribution < 1.29 is 14.7 Å². The van der Waals surface area contributed by atoms with E-state index in [4.69, 9.17) is 5.11 Å². The molecular formula is C10H15N3O3. The largest absolute Gasteiger partial charge is 0.480 e. The molecule has 1 rings (SSSR count). The molecular weight excluding hydrogens is 210 g/mol. The van der Waals surface area contributed by atoms with Crippen LogP contribution in [0.2, 0.25) is 0 Å². The summed E-state index contributed by atoms with van der Waals surface area (Å²) < 4.78 is 1.85. The van der Waals surface area contributed by atoms with Gasteiger partial charge in [-0.05, 0) is 6.92 Å². The Morgan fingerprint density at radius 1 is 1.62 bits per heavy atom. The quantitative estimate of drug-likeness (QED) is 0.740. The van der Waals surface area contributed by atoms with Gasteiger partial charge < -0.3 is 15.0 Å². The minimum atomic E-state index is -1.04. The Morgan fingerprint density at radius 2 is 2.31 bits per heavy atom. The zero-order valence-electron chi connectivity index (χ0n) is 9.30. The smallest absolute Gasteiger partial charge is 0.322 e. The molecule has 1 unspecified atom stereocenters. The lowest BCUT2D eigenvalue weighted by atomic mass is 10.1. The SMILES string of the molecule is Cc1nccn1CC(C)C(=O)NCC(=O)O. The molecule has 1 amide bonds. The molecule has 16 heavy (non-hydrogen) atoms. The third-order valence-electron chi connectivity index (χ3n) is 2.26. The minimum absolute atomic E-state index is 0.268. The van der Waals surface area contributed by atoms with Gasteiger partial charge in [-0.1, -0.05) is 6.92 Å². The van der Waals surface area contributed by atoms with E-state index in [0.717, 1.165) is 5.82 Å². The Balaban J connectivity index is 2.46. The average molecular weight is 225 g/mol. The van der Waals surface area contributed by atoms with Crippen molar-refractivity contribution in [3.63, 3.8) is 0 Å². The van der Waals surface area contributed by atoms with Gasteiger partial charge in [0, 0.05) is 18.9 Å². The summed E-state index contributed by atoms with van der Waals surface area (Å²) in [6.07, 6.45) is 3.45. The molecule has 88 valence electrons. The van der Waals surface area contributed by atoms with Gasteiger partial charge in [0.1, 0.15) is 12.4 Å². The number of aryl methyl sites for hydroxylation is 1. The number of carbonyl (C=O) groups is 2. The normalized spacial score (nSPS) is 12.1. The lowest BCUT2D eigenvalue weighted by molar-refractivity contribution is -0.138. The van der Waals surface area contributed by atoms with Crippen molar-refractivity contribution in [1.29, 1.82) is 0 Å². The van der Waals surface area contributed by atoms with Crippen LogP contribution in [0.5, 0.6) is 0 Å². The van der Waals surface area contributed by atoms with Crippen molar-refractivity contribution in [2.75, 3.05) is 6.54 Å². The summed E-state index contributed by atoms with van der Waals surface area (Å²) in [5.74, 6) is -0.764. The summed E-state index contributed by atoms with van der Waals surface area (Å²) in [6.45, 7) is 3.75. The van der Waals surface area contributed by atoms with E-state index >= 15 is 0 Å². The van der Waals surface area contributed by atoms with E-state index in [9.17, 15) is 9.59 Å². The fourth-order valence-electron chi connectivity index (χ4n) is 1.31. The van der Waals surface area contributed by atoms with Crippen molar-refractivity contribution in [3.8, 4) is 0 Å². The Labute approximate surface area is 93.3 Å². The van der Waals surface area contributed by atoms with Gasteiger partial charge in [0.15, 0.2) is 0 Å². The highest BCUT2D eigenvalue weighted by atomic mass is 16.4. The number of hydrogen-bond acceptors (Lipinski definition) is 3. The Hall–Kier alpha value is -1.85. The summed E-state index contributed by atoms with van der Waals surface area (Å²) in [7, 11) is 0. The van der Waals surface area contributed by atoms with Crippen LogP contribution >= 0.6 is 0 Å². The van der Waals surface area contributed by atoms with Crippen molar-refractivity contribution >= 4 is 11.9 Å². The summed E-state index contributed by atoms with van der Waals surface area (Å²) in [4.78, 5) is 25.8. The Bertz CT molecular complexity index is 386.